The van der Waals surface area contributed by atoms with Crippen molar-refractivity contribution < 1.29 is 14.3 Å². The first kappa shape index (κ1) is 9.33. The van der Waals surface area contributed by atoms with Crippen LogP contribution in [0.3, 0.4) is 0 Å². The highest BCUT2D eigenvalue weighted by atomic mass is 79.9. The summed E-state index contributed by atoms with van der Waals surface area (Å²) in [6, 6.07) is 1.52. The van der Waals surface area contributed by atoms with E-state index in [0.29, 0.717) is 5.58 Å². The molecule has 2 rings (SSSR count). The lowest BCUT2D eigenvalue weighted by Crippen LogP contribution is -2.03. The van der Waals surface area contributed by atoms with E-state index in [2.05, 4.69) is 15.9 Å². The molecular formula is C9H8BrNO3. The summed E-state index contributed by atoms with van der Waals surface area (Å²) in [4.78, 5) is 10.8. The molecule has 74 valence electrons. The van der Waals surface area contributed by atoms with E-state index < -0.39 is 5.97 Å². The first-order valence-corrected chi connectivity index (χ1v) is 4.79. The number of halogens is 1. The number of aromatic nitrogens is 1. The second-order valence-corrected chi connectivity index (χ2v) is 3.87. The zero-order chi connectivity index (χ0) is 10.5. The van der Waals surface area contributed by atoms with Gasteiger partial charge < -0.3 is 14.1 Å². The molecule has 0 aromatic carbocycles. The van der Waals surface area contributed by atoms with Crippen LogP contribution in [-0.2, 0) is 7.05 Å². The van der Waals surface area contributed by atoms with Gasteiger partial charge in [0.1, 0.15) is 17.0 Å². The Bertz CT molecular complexity index is 524. The van der Waals surface area contributed by atoms with Crippen LogP contribution in [0.15, 0.2) is 15.0 Å². The highest BCUT2D eigenvalue weighted by Crippen LogP contribution is 2.32. The third-order valence-electron chi connectivity index (χ3n) is 2.20. The summed E-state index contributed by atoms with van der Waals surface area (Å²) in [6.07, 6.45) is 0. The second-order valence-electron chi connectivity index (χ2n) is 3.08. The van der Waals surface area contributed by atoms with Crippen LogP contribution in [0.4, 0.5) is 0 Å². The molecule has 4 nitrogen and oxygen atoms in total. The number of aromatic carboxylic acids is 1. The summed E-state index contributed by atoms with van der Waals surface area (Å²) in [5.74, 6) is -0.203. The molecule has 0 amide bonds. The Kier molecular flexibility index (Phi) is 1.92. The summed E-state index contributed by atoms with van der Waals surface area (Å²) in [7, 11) is 1.70. The number of carbonyl (C=O) groups is 1. The first-order chi connectivity index (χ1) is 6.52. The highest BCUT2D eigenvalue weighted by Gasteiger charge is 2.18. The molecule has 1 N–H and O–H groups in total. The number of nitrogens with zero attached hydrogens (tertiary/aromatic N) is 1. The lowest BCUT2D eigenvalue weighted by molar-refractivity contribution is 0.0687. The number of hydrogen-bond acceptors (Lipinski definition) is 2. The van der Waals surface area contributed by atoms with Crippen LogP contribution in [0.5, 0.6) is 0 Å². The molecule has 0 spiro atoms. The normalized spacial score (nSPS) is 11.1. The Hall–Kier alpha value is -1.23. The number of carboxylic acid groups (broad SMARTS) is 1. The van der Waals surface area contributed by atoms with Crippen molar-refractivity contribution in [2.45, 2.75) is 6.92 Å². The van der Waals surface area contributed by atoms with E-state index in [9.17, 15) is 4.79 Å². The maximum atomic E-state index is 10.8. The number of furan rings is 1. The van der Waals surface area contributed by atoms with Gasteiger partial charge in [0.25, 0.3) is 0 Å². The molecule has 5 heteroatoms. The highest BCUT2D eigenvalue weighted by molar-refractivity contribution is 9.10. The van der Waals surface area contributed by atoms with Gasteiger partial charge in [-0.05, 0) is 22.9 Å². The van der Waals surface area contributed by atoms with E-state index in [1.807, 2.05) is 6.92 Å². The smallest absolute Gasteiger partial charge is 0.352 e. The minimum Gasteiger partial charge on any atom is -0.477 e. The zero-order valence-electron chi connectivity index (χ0n) is 7.67. The quantitative estimate of drug-likeness (QED) is 0.855. The van der Waals surface area contributed by atoms with Gasteiger partial charge in [0.15, 0.2) is 5.58 Å². The van der Waals surface area contributed by atoms with Crippen LogP contribution < -0.4 is 0 Å². The van der Waals surface area contributed by atoms with Crippen molar-refractivity contribution in [1.29, 1.82) is 0 Å². The van der Waals surface area contributed by atoms with Gasteiger partial charge >= 0.3 is 5.97 Å². The molecule has 0 aliphatic heterocycles. The lowest BCUT2D eigenvalue weighted by Gasteiger charge is -1.97. The molecule has 0 bridgehead atoms. The number of hydrogen-bond donors (Lipinski definition) is 1. The predicted molar refractivity (Wildman–Crippen MR) is 54.6 cm³/mol. The zero-order valence-corrected chi connectivity index (χ0v) is 9.25. The van der Waals surface area contributed by atoms with Gasteiger partial charge in [-0.3, -0.25) is 0 Å². The monoisotopic (exact) mass is 257 g/mol. The third kappa shape index (κ3) is 1.09. The van der Waals surface area contributed by atoms with Crippen molar-refractivity contribution in [2.75, 3.05) is 0 Å². The summed E-state index contributed by atoms with van der Waals surface area (Å²) < 4.78 is 7.78. The second kappa shape index (κ2) is 2.88. The first-order valence-electron chi connectivity index (χ1n) is 4.00. The van der Waals surface area contributed by atoms with Gasteiger partial charge in [0, 0.05) is 13.1 Å². The van der Waals surface area contributed by atoms with E-state index >= 15 is 0 Å². The molecule has 14 heavy (non-hydrogen) atoms. The Balaban J connectivity index is 2.84. The number of fused-ring (bicyclic) bond motifs is 1. The van der Waals surface area contributed by atoms with Crippen LogP contribution >= 0.6 is 15.9 Å². The third-order valence-corrected chi connectivity index (χ3v) is 3.13. The molecule has 0 aliphatic carbocycles. The Morgan fingerprint density at radius 3 is 2.79 bits per heavy atom. The van der Waals surface area contributed by atoms with Crippen molar-refractivity contribution in [2.24, 2.45) is 7.05 Å². The van der Waals surface area contributed by atoms with E-state index in [1.54, 1.807) is 11.6 Å². The summed E-state index contributed by atoms with van der Waals surface area (Å²) >= 11 is 3.36. The van der Waals surface area contributed by atoms with E-state index in [-0.39, 0.29) is 5.69 Å². The molecule has 0 unspecified atom stereocenters. The maximum Gasteiger partial charge on any atom is 0.352 e. The topological polar surface area (TPSA) is 55.4 Å². The molecule has 0 aliphatic rings. The van der Waals surface area contributed by atoms with Crippen molar-refractivity contribution in [3.05, 3.63) is 22.0 Å². The molecule has 0 fully saturated rings. The SMILES string of the molecule is Cc1oc2cc(C(=O)O)n(C)c2c1Br. The van der Waals surface area contributed by atoms with Crippen LogP contribution in [-0.4, -0.2) is 15.6 Å². The standard InChI is InChI=1S/C9H8BrNO3/c1-4-7(10)8-6(14-4)3-5(9(12)13)11(8)2/h3H,1-2H3,(H,12,13). The van der Waals surface area contributed by atoms with Crippen molar-refractivity contribution in [3.8, 4) is 0 Å². The predicted octanol–water partition coefficient (Wildman–Crippen LogP) is 2.54. The maximum absolute atomic E-state index is 10.8. The minimum absolute atomic E-state index is 0.222. The summed E-state index contributed by atoms with van der Waals surface area (Å²) in [5, 5.41) is 8.87. The van der Waals surface area contributed by atoms with Crippen molar-refractivity contribution in [3.63, 3.8) is 0 Å². The average molecular weight is 258 g/mol. The largest absolute Gasteiger partial charge is 0.477 e. The van der Waals surface area contributed by atoms with E-state index in [4.69, 9.17) is 9.52 Å². The molecule has 2 heterocycles. The fourth-order valence-electron chi connectivity index (χ4n) is 1.49. The van der Waals surface area contributed by atoms with Crippen LogP contribution in [0.25, 0.3) is 11.1 Å². The Morgan fingerprint density at radius 1 is 1.64 bits per heavy atom. The van der Waals surface area contributed by atoms with Crippen LogP contribution in [0, 0.1) is 6.92 Å². The molecule has 2 aromatic heterocycles. The van der Waals surface area contributed by atoms with Gasteiger partial charge in [-0.15, -0.1) is 0 Å². The fourth-order valence-corrected chi connectivity index (χ4v) is 2.03. The Morgan fingerprint density at radius 2 is 2.29 bits per heavy atom. The molecule has 2 aromatic rings. The van der Waals surface area contributed by atoms with Gasteiger partial charge in [-0.1, -0.05) is 0 Å². The van der Waals surface area contributed by atoms with E-state index in [1.165, 1.54) is 6.07 Å². The molecule has 0 atom stereocenters. The number of carboxylic acids is 1. The van der Waals surface area contributed by atoms with Gasteiger partial charge in [0.2, 0.25) is 0 Å². The van der Waals surface area contributed by atoms with Gasteiger partial charge in [0.05, 0.1) is 4.47 Å². The summed E-state index contributed by atoms with van der Waals surface area (Å²) in [5.41, 5.74) is 1.59. The van der Waals surface area contributed by atoms with Crippen molar-refractivity contribution >= 4 is 33.0 Å². The molecular weight excluding hydrogens is 250 g/mol. The van der Waals surface area contributed by atoms with Crippen LogP contribution in [0.1, 0.15) is 16.2 Å². The van der Waals surface area contributed by atoms with Gasteiger partial charge in [-0.25, -0.2) is 4.79 Å². The Labute approximate surface area is 88.2 Å². The number of rotatable bonds is 1. The fraction of sp³-hybridized carbons (Fsp3) is 0.222. The van der Waals surface area contributed by atoms with Crippen LogP contribution in [0.2, 0.25) is 0 Å². The van der Waals surface area contributed by atoms with Crippen molar-refractivity contribution in [1.82, 2.24) is 4.57 Å². The molecule has 0 saturated carbocycles. The average Bonchev–Trinajstić information content (AvgIpc) is 2.54. The molecule has 0 radical (unpaired) electrons. The number of aryl methyl sites for hydroxylation is 2. The lowest BCUT2D eigenvalue weighted by atomic mass is 10.4. The molecule has 0 saturated heterocycles. The van der Waals surface area contributed by atoms with Gasteiger partial charge in [-0.2, -0.15) is 0 Å². The minimum atomic E-state index is -0.955. The summed E-state index contributed by atoms with van der Waals surface area (Å²) in [6.45, 7) is 1.82. The van der Waals surface area contributed by atoms with E-state index in [0.717, 1.165) is 15.7 Å².